The molecule has 22 heavy (non-hydrogen) atoms. The smallest absolute Gasteiger partial charge is 0.109 e. The monoisotopic (exact) mass is 319 g/mol. The van der Waals surface area contributed by atoms with Gasteiger partial charge in [0.25, 0.3) is 0 Å². The maximum absolute atomic E-state index is 10.00. The van der Waals surface area contributed by atoms with E-state index in [1.807, 2.05) is 0 Å². The molecule has 0 saturated carbocycles. The van der Waals surface area contributed by atoms with Crippen LogP contribution in [0.1, 0.15) is 51.9 Å². The highest BCUT2D eigenvalue weighted by Gasteiger charge is 2.46. The normalized spacial score (nSPS) is 33.3. The van der Waals surface area contributed by atoms with Crippen LogP contribution in [0.5, 0.6) is 0 Å². The Morgan fingerprint density at radius 2 is 1.14 bits per heavy atom. The molecular formula is C16H33NO5. The standard InChI is InChI=1S/C16H33NO5/c1-2-3-4-5-6-7-8-9-17-12(10-18)14(20)16(22)15(21)13(17)11-19/h12-16,18-22H,2-11H2,1H3/t12-,13-,14+,15+/m1/s1. The van der Waals surface area contributed by atoms with Gasteiger partial charge in [0.2, 0.25) is 0 Å². The predicted molar refractivity (Wildman–Crippen MR) is 84.5 cm³/mol. The summed E-state index contributed by atoms with van der Waals surface area (Å²) in [6.45, 7) is 2.16. The van der Waals surface area contributed by atoms with Gasteiger partial charge in [-0.05, 0) is 13.0 Å². The Kier molecular flexibility index (Phi) is 9.47. The first-order chi connectivity index (χ1) is 10.6. The summed E-state index contributed by atoms with van der Waals surface area (Å²) in [5.74, 6) is 0. The summed E-state index contributed by atoms with van der Waals surface area (Å²) in [5.41, 5.74) is 0. The number of hydrogen-bond donors (Lipinski definition) is 5. The van der Waals surface area contributed by atoms with Crippen molar-refractivity contribution in [1.82, 2.24) is 4.90 Å². The molecule has 0 unspecified atom stereocenters. The number of piperidine rings is 1. The molecule has 0 radical (unpaired) electrons. The van der Waals surface area contributed by atoms with Crippen LogP contribution in [-0.4, -0.2) is 80.6 Å². The quantitative estimate of drug-likeness (QED) is 0.359. The number of likely N-dealkylation sites (tertiary alicyclic amines) is 1. The molecule has 6 nitrogen and oxygen atoms in total. The van der Waals surface area contributed by atoms with Crippen LogP contribution < -0.4 is 0 Å². The van der Waals surface area contributed by atoms with E-state index in [0.29, 0.717) is 6.54 Å². The van der Waals surface area contributed by atoms with Gasteiger partial charge in [0, 0.05) is 0 Å². The van der Waals surface area contributed by atoms with E-state index in [2.05, 4.69) is 6.92 Å². The van der Waals surface area contributed by atoms with E-state index in [1.165, 1.54) is 25.7 Å². The maximum Gasteiger partial charge on any atom is 0.109 e. The Labute approximate surface area is 133 Å². The van der Waals surface area contributed by atoms with Crippen LogP contribution in [0.4, 0.5) is 0 Å². The van der Waals surface area contributed by atoms with Crippen molar-refractivity contribution in [2.75, 3.05) is 19.8 Å². The van der Waals surface area contributed by atoms with Gasteiger partial charge in [-0.25, -0.2) is 0 Å². The van der Waals surface area contributed by atoms with Crippen molar-refractivity contribution >= 4 is 0 Å². The fourth-order valence-electron chi connectivity index (χ4n) is 3.30. The minimum atomic E-state index is -1.33. The van der Waals surface area contributed by atoms with Crippen LogP contribution >= 0.6 is 0 Å². The van der Waals surface area contributed by atoms with Crippen molar-refractivity contribution in [1.29, 1.82) is 0 Å². The van der Waals surface area contributed by atoms with Gasteiger partial charge in [-0.2, -0.15) is 0 Å². The van der Waals surface area contributed by atoms with Gasteiger partial charge < -0.3 is 25.5 Å². The fourth-order valence-corrected chi connectivity index (χ4v) is 3.30. The second-order valence-electron chi connectivity index (χ2n) is 6.33. The Morgan fingerprint density at radius 1 is 0.682 bits per heavy atom. The molecule has 1 saturated heterocycles. The van der Waals surface area contributed by atoms with E-state index >= 15 is 0 Å². The Balaban J connectivity index is 2.46. The Morgan fingerprint density at radius 3 is 1.59 bits per heavy atom. The van der Waals surface area contributed by atoms with Gasteiger partial charge >= 0.3 is 0 Å². The Bertz CT molecular complexity index is 274. The van der Waals surface area contributed by atoms with E-state index in [0.717, 1.165) is 19.3 Å². The molecule has 1 aliphatic rings. The topological polar surface area (TPSA) is 104 Å². The minimum Gasteiger partial charge on any atom is -0.395 e. The molecule has 0 aromatic heterocycles. The Hall–Kier alpha value is -0.240. The largest absolute Gasteiger partial charge is 0.395 e. The lowest BCUT2D eigenvalue weighted by Gasteiger charge is -2.48. The number of nitrogens with zero attached hydrogens (tertiary/aromatic N) is 1. The number of rotatable bonds is 10. The first-order valence-corrected chi connectivity index (χ1v) is 8.60. The molecule has 0 bridgehead atoms. The summed E-state index contributed by atoms with van der Waals surface area (Å²) in [6.07, 6.45) is 4.30. The van der Waals surface area contributed by atoms with Crippen molar-refractivity contribution in [2.45, 2.75) is 82.3 Å². The third-order valence-electron chi connectivity index (χ3n) is 4.73. The van der Waals surface area contributed by atoms with Crippen molar-refractivity contribution < 1.29 is 25.5 Å². The molecule has 1 fully saturated rings. The van der Waals surface area contributed by atoms with E-state index in [4.69, 9.17) is 0 Å². The van der Waals surface area contributed by atoms with Crippen molar-refractivity contribution in [3.8, 4) is 0 Å². The second kappa shape index (κ2) is 10.5. The highest BCUT2D eigenvalue weighted by molar-refractivity contribution is 5.00. The molecule has 4 atom stereocenters. The fraction of sp³-hybridized carbons (Fsp3) is 1.00. The van der Waals surface area contributed by atoms with Crippen LogP contribution in [0.25, 0.3) is 0 Å². The molecule has 132 valence electrons. The van der Waals surface area contributed by atoms with Crippen molar-refractivity contribution in [2.24, 2.45) is 0 Å². The van der Waals surface area contributed by atoms with Crippen molar-refractivity contribution in [3.05, 3.63) is 0 Å². The summed E-state index contributed by atoms with van der Waals surface area (Å²) in [4.78, 5) is 1.74. The van der Waals surface area contributed by atoms with Crippen molar-refractivity contribution in [3.63, 3.8) is 0 Å². The summed E-state index contributed by atoms with van der Waals surface area (Å²) < 4.78 is 0. The van der Waals surface area contributed by atoms with Gasteiger partial charge in [0.1, 0.15) is 18.3 Å². The first kappa shape index (κ1) is 19.8. The molecule has 1 heterocycles. The molecule has 1 aliphatic heterocycles. The number of aliphatic hydroxyl groups excluding tert-OH is 5. The van der Waals surface area contributed by atoms with Crippen LogP contribution in [0, 0.1) is 0 Å². The van der Waals surface area contributed by atoms with Crippen LogP contribution in [0.3, 0.4) is 0 Å². The van der Waals surface area contributed by atoms with E-state index < -0.39 is 30.4 Å². The number of unbranched alkanes of at least 4 members (excludes halogenated alkanes) is 6. The zero-order valence-electron chi connectivity index (χ0n) is 13.6. The average Bonchev–Trinajstić information content (AvgIpc) is 2.52. The van der Waals surface area contributed by atoms with Gasteiger partial charge in [-0.1, -0.05) is 45.4 Å². The number of aliphatic hydroxyl groups is 5. The molecule has 0 spiro atoms. The lowest BCUT2D eigenvalue weighted by Crippen LogP contribution is -2.68. The lowest BCUT2D eigenvalue weighted by molar-refractivity contribution is -0.177. The van der Waals surface area contributed by atoms with Gasteiger partial charge in [0.05, 0.1) is 25.3 Å². The van der Waals surface area contributed by atoms with Crippen LogP contribution in [-0.2, 0) is 0 Å². The SMILES string of the molecule is CCCCCCCCCN1[C@H](CO)[C@H](O)C(O)[C@@H](O)[C@H]1CO. The molecular weight excluding hydrogens is 286 g/mol. The molecule has 1 rings (SSSR count). The lowest BCUT2D eigenvalue weighted by atomic mass is 9.88. The number of hydrogen-bond acceptors (Lipinski definition) is 6. The van der Waals surface area contributed by atoms with Gasteiger partial charge in [-0.3, -0.25) is 4.90 Å². The highest BCUT2D eigenvalue weighted by Crippen LogP contribution is 2.25. The third kappa shape index (κ3) is 5.15. The highest BCUT2D eigenvalue weighted by atomic mass is 16.4. The maximum atomic E-state index is 10.00. The minimum absolute atomic E-state index is 0.308. The average molecular weight is 319 g/mol. The molecule has 5 N–H and O–H groups in total. The van der Waals surface area contributed by atoms with Crippen LogP contribution in [0.2, 0.25) is 0 Å². The zero-order valence-corrected chi connectivity index (χ0v) is 13.6. The predicted octanol–water partition coefficient (Wildman–Crippen LogP) is -0.143. The second-order valence-corrected chi connectivity index (χ2v) is 6.33. The molecule has 0 amide bonds. The van der Waals surface area contributed by atoms with Gasteiger partial charge in [0.15, 0.2) is 0 Å². The van der Waals surface area contributed by atoms with E-state index in [-0.39, 0.29) is 13.2 Å². The molecule has 0 aromatic rings. The molecule has 6 heteroatoms. The zero-order chi connectivity index (χ0) is 16.5. The summed E-state index contributed by atoms with van der Waals surface area (Å²) in [5, 5.41) is 48.8. The first-order valence-electron chi connectivity index (χ1n) is 8.60. The summed E-state index contributed by atoms with van der Waals surface area (Å²) >= 11 is 0. The summed E-state index contributed by atoms with van der Waals surface area (Å²) in [7, 11) is 0. The molecule has 0 aromatic carbocycles. The molecule has 0 aliphatic carbocycles. The van der Waals surface area contributed by atoms with Gasteiger partial charge in [-0.15, -0.1) is 0 Å². The van der Waals surface area contributed by atoms with E-state index in [9.17, 15) is 25.5 Å². The summed E-state index contributed by atoms with van der Waals surface area (Å²) in [6, 6.07) is -1.29. The van der Waals surface area contributed by atoms with Crippen LogP contribution in [0.15, 0.2) is 0 Å². The van der Waals surface area contributed by atoms with E-state index in [1.54, 1.807) is 4.90 Å². The third-order valence-corrected chi connectivity index (χ3v) is 4.73.